The highest BCUT2D eigenvalue weighted by molar-refractivity contribution is 7.92. The van der Waals surface area contributed by atoms with Crippen molar-refractivity contribution in [2.75, 3.05) is 34.2 Å². The summed E-state index contributed by atoms with van der Waals surface area (Å²) in [5.74, 6) is -0.682. The molecule has 1 N–H and O–H groups in total. The largest absolute Gasteiger partial charge is 0.416 e. The number of hydrogen-bond acceptors (Lipinski definition) is 4. The van der Waals surface area contributed by atoms with Gasteiger partial charge in [0.25, 0.3) is 10.0 Å². The highest BCUT2D eigenvalue weighted by atomic mass is 32.2. The molecule has 0 bridgehead atoms. The molecular weight excluding hydrogens is 503 g/mol. The predicted molar refractivity (Wildman–Crippen MR) is 138 cm³/mol. The number of benzene rings is 3. The maximum atomic E-state index is 13.5. The van der Waals surface area contributed by atoms with E-state index >= 15 is 0 Å². The summed E-state index contributed by atoms with van der Waals surface area (Å²) < 4.78 is 67.7. The van der Waals surface area contributed by atoms with Crippen molar-refractivity contribution < 1.29 is 26.4 Å². The van der Waals surface area contributed by atoms with Gasteiger partial charge in [0.05, 0.1) is 16.1 Å². The van der Waals surface area contributed by atoms with Gasteiger partial charge in [0.2, 0.25) is 5.91 Å². The molecule has 6 nitrogen and oxygen atoms in total. The summed E-state index contributed by atoms with van der Waals surface area (Å²) in [6.07, 6.45) is -1.22. The van der Waals surface area contributed by atoms with Crippen LogP contribution < -0.4 is 14.5 Å². The molecule has 10 heteroatoms. The summed E-state index contributed by atoms with van der Waals surface area (Å²) in [5.41, 5.74) is 1.04. The van der Waals surface area contributed by atoms with E-state index in [4.69, 9.17) is 0 Å². The molecule has 196 valence electrons. The Morgan fingerprint density at radius 1 is 0.946 bits per heavy atom. The molecule has 1 aliphatic rings. The number of sulfonamides is 1. The van der Waals surface area contributed by atoms with Gasteiger partial charge >= 0.3 is 6.18 Å². The minimum absolute atomic E-state index is 0.130. The van der Waals surface area contributed by atoms with Crippen LogP contribution in [0.3, 0.4) is 0 Å². The lowest BCUT2D eigenvalue weighted by molar-refractivity contribution is -0.137. The van der Waals surface area contributed by atoms with Crippen LogP contribution in [-0.2, 0) is 21.0 Å². The van der Waals surface area contributed by atoms with Crippen LogP contribution in [0.2, 0.25) is 0 Å². The molecule has 0 aromatic heterocycles. The molecule has 1 amide bonds. The van der Waals surface area contributed by atoms with Gasteiger partial charge in [-0.15, -0.1) is 0 Å². The highest BCUT2D eigenvalue weighted by Gasteiger charge is 2.33. The average molecular weight is 532 g/mol. The number of anilines is 3. The van der Waals surface area contributed by atoms with Crippen LogP contribution in [-0.4, -0.2) is 34.0 Å². The predicted octanol–water partition coefficient (Wildman–Crippen LogP) is 5.84. The van der Waals surface area contributed by atoms with Crippen LogP contribution in [0.25, 0.3) is 0 Å². The first-order valence-electron chi connectivity index (χ1n) is 12.0. The van der Waals surface area contributed by atoms with E-state index in [0.717, 1.165) is 55.4 Å². The number of piperidine rings is 1. The van der Waals surface area contributed by atoms with Crippen LogP contribution >= 0.6 is 0 Å². The number of rotatable bonds is 7. The molecular formula is C27H28F3N3O3S. The summed E-state index contributed by atoms with van der Waals surface area (Å²) in [6.45, 7) is 3.01. The SMILES string of the molecule is Cc1ccc(S(=O)(=O)N(CC(=O)Nc2ccc(N3CCCCC3)cc2)c2cccc(C(F)(F)F)c2)cc1. The van der Waals surface area contributed by atoms with Gasteiger partial charge in [-0.2, -0.15) is 13.2 Å². The lowest BCUT2D eigenvalue weighted by Gasteiger charge is -2.29. The van der Waals surface area contributed by atoms with Gasteiger partial charge < -0.3 is 10.2 Å². The third kappa shape index (κ3) is 6.43. The van der Waals surface area contributed by atoms with Gasteiger partial charge in [-0.05, 0) is 80.8 Å². The molecule has 1 saturated heterocycles. The van der Waals surface area contributed by atoms with E-state index in [1.54, 1.807) is 31.2 Å². The quantitative estimate of drug-likeness (QED) is 0.416. The zero-order chi connectivity index (χ0) is 26.6. The van der Waals surface area contributed by atoms with Gasteiger partial charge in [0, 0.05) is 24.5 Å². The number of amides is 1. The van der Waals surface area contributed by atoms with Gasteiger partial charge in [0.1, 0.15) is 6.54 Å². The number of nitrogens with one attached hydrogen (secondary N) is 1. The van der Waals surface area contributed by atoms with Crippen molar-refractivity contribution in [2.45, 2.75) is 37.3 Å². The molecule has 0 radical (unpaired) electrons. The number of hydrogen-bond donors (Lipinski definition) is 1. The highest BCUT2D eigenvalue weighted by Crippen LogP contribution is 2.33. The van der Waals surface area contributed by atoms with E-state index < -0.39 is 34.2 Å². The average Bonchev–Trinajstić information content (AvgIpc) is 2.88. The first kappa shape index (κ1) is 26.5. The summed E-state index contributed by atoms with van der Waals surface area (Å²) in [7, 11) is -4.34. The standard InChI is InChI=1S/C27H28F3N3O3S/c1-20-8-14-25(15-9-20)37(35,36)33(24-7-5-6-21(18-24)27(28,29)30)19-26(34)31-22-10-12-23(13-11-22)32-16-3-2-4-17-32/h5-15,18H,2-4,16-17,19H2,1H3,(H,31,34). The Bertz CT molecular complexity index is 1340. The van der Waals surface area contributed by atoms with E-state index in [9.17, 15) is 26.4 Å². The van der Waals surface area contributed by atoms with E-state index in [0.29, 0.717) is 9.99 Å². The number of carbonyl (C=O) groups excluding carboxylic acids is 1. The van der Waals surface area contributed by atoms with Crippen molar-refractivity contribution >= 4 is 33.0 Å². The lowest BCUT2D eigenvalue weighted by Crippen LogP contribution is -2.38. The molecule has 3 aromatic rings. The second kappa shape index (κ2) is 10.8. The van der Waals surface area contributed by atoms with E-state index in [2.05, 4.69) is 10.2 Å². The Morgan fingerprint density at radius 2 is 1.59 bits per heavy atom. The van der Waals surface area contributed by atoms with Crippen LogP contribution in [0.5, 0.6) is 0 Å². The third-order valence-corrected chi connectivity index (χ3v) is 8.02. The number of halogens is 3. The minimum Gasteiger partial charge on any atom is -0.372 e. The molecule has 3 aromatic carbocycles. The van der Waals surface area contributed by atoms with Crippen LogP contribution in [0.1, 0.15) is 30.4 Å². The maximum Gasteiger partial charge on any atom is 0.416 e. The van der Waals surface area contributed by atoms with E-state index in [-0.39, 0.29) is 10.6 Å². The van der Waals surface area contributed by atoms with Gasteiger partial charge in [-0.25, -0.2) is 8.42 Å². The molecule has 0 unspecified atom stereocenters. The first-order valence-corrected chi connectivity index (χ1v) is 13.4. The Labute approximate surface area is 214 Å². The van der Waals surface area contributed by atoms with Crippen molar-refractivity contribution in [3.63, 3.8) is 0 Å². The van der Waals surface area contributed by atoms with Crippen LogP contribution in [0.15, 0.2) is 77.7 Å². The normalized spacial score (nSPS) is 14.3. The molecule has 37 heavy (non-hydrogen) atoms. The fourth-order valence-corrected chi connectivity index (χ4v) is 5.64. The van der Waals surface area contributed by atoms with Gasteiger partial charge in [-0.3, -0.25) is 9.10 Å². The zero-order valence-electron chi connectivity index (χ0n) is 20.3. The Hall–Kier alpha value is -3.53. The summed E-state index contributed by atoms with van der Waals surface area (Å²) in [5, 5.41) is 2.66. The van der Waals surface area contributed by atoms with E-state index in [1.807, 2.05) is 12.1 Å². The lowest BCUT2D eigenvalue weighted by atomic mass is 10.1. The fraction of sp³-hybridized carbons (Fsp3) is 0.296. The molecule has 1 fully saturated rings. The summed E-state index contributed by atoms with van der Waals surface area (Å²) in [6, 6.07) is 17.1. The number of alkyl halides is 3. The maximum absolute atomic E-state index is 13.5. The molecule has 0 saturated carbocycles. The topological polar surface area (TPSA) is 69.7 Å². The molecule has 0 aliphatic carbocycles. The second-order valence-electron chi connectivity index (χ2n) is 9.02. The monoisotopic (exact) mass is 531 g/mol. The summed E-state index contributed by atoms with van der Waals surface area (Å²) >= 11 is 0. The molecule has 1 heterocycles. The molecule has 0 spiro atoms. The fourth-order valence-electron chi connectivity index (χ4n) is 4.23. The van der Waals surface area contributed by atoms with Crippen LogP contribution in [0, 0.1) is 6.92 Å². The number of aryl methyl sites for hydroxylation is 1. The number of carbonyl (C=O) groups is 1. The van der Waals surface area contributed by atoms with Crippen molar-refractivity contribution in [1.82, 2.24) is 0 Å². The minimum atomic E-state index is -4.67. The van der Waals surface area contributed by atoms with Crippen molar-refractivity contribution in [3.05, 3.63) is 83.9 Å². The second-order valence-corrected chi connectivity index (χ2v) is 10.9. The molecule has 0 atom stereocenters. The van der Waals surface area contributed by atoms with E-state index in [1.165, 1.54) is 24.6 Å². The van der Waals surface area contributed by atoms with Gasteiger partial charge in [0.15, 0.2) is 0 Å². The Balaban J connectivity index is 1.59. The summed E-state index contributed by atoms with van der Waals surface area (Å²) in [4.78, 5) is 15.1. The molecule has 4 rings (SSSR count). The smallest absolute Gasteiger partial charge is 0.372 e. The zero-order valence-corrected chi connectivity index (χ0v) is 21.1. The van der Waals surface area contributed by atoms with Crippen molar-refractivity contribution in [3.8, 4) is 0 Å². The Kier molecular flexibility index (Phi) is 7.77. The van der Waals surface area contributed by atoms with Gasteiger partial charge in [-0.1, -0.05) is 23.8 Å². The number of nitrogens with zero attached hydrogens (tertiary/aromatic N) is 2. The third-order valence-electron chi connectivity index (χ3n) is 6.23. The first-order chi connectivity index (χ1) is 17.5. The Morgan fingerprint density at radius 3 is 2.22 bits per heavy atom. The van der Waals surface area contributed by atoms with Crippen molar-refractivity contribution in [2.24, 2.45) is 0 Å². The molecule has 1 aliphatic heterocycles. The van der Waals surface area contributed by atoms with Crippen molar-refractivity contribution in [1.29, 1.82) is 0 Å². The van der Waals surface area contributed by atoms with Crippen LogP contribution in [0.4, 0.5) is 30.2 Å².